The lowest BCUT2D eigenvalue weighted by atomic mass is 10.0. The lowest BCUT2D eigenvalue weighted by Gasteiger charge is -2.06. The smallest absolute Gasteiger partial charge is 0.341 e. The van der Waals surface area contributed by atoms with Crippen molar-refractivity contribution in [2.24, 2.45) is 10.2 Å². The van der Waals surface area contributed by atoms with Gasteiger partial charge in [-0.25, -0.2) is 4.79 Å². The van der Waals surface area contributed by atoms with Crippen molar-refractivity contribution in [3.05, 3.63) is 58.6 Å². The summed E-state index contributed by atoms with van der Waals surface area (Å²) in [6.07, 6.45) is 0. The van der Waals surface area contributed by atoms with Crippen LogP contribution in [0.5, 0.6) is 5.75 Å². The Morgan fingerprint density at radius 2 is 1.88 bits per heavy atom. The van der Waals surface area contributed by atoms with E-state index in [1.54, 1.807) is 30.3 Å². The van der Waals surface area contributed by atoms with E-state index in [0.29, 0.717) is 16.3 Å². The molecule has 0 fully saturated rings. The summed E-state index contributed by atoms with van der Waals surface area (Å²) >= 11 is 8.81. The quantitative estimate of drug-likeness (QED) is 0.329. The Hall–Kier alpha value is -2.25. The molecule has 0 aromatic heterocycles. The van der Waals surface area contributed by atoms with Crippen LogP contribution in [0, 0.1) is 0 Å². The number of carbonyl (C=O) groups is 2. The summed E-state index contributed by atoms with van der Waals surface area (Å²) in [5, 5.41) is 16.6. The van der Waals surface area contributed by atoms with E-state index in [4.69, 9.17) is 21.4 Å². The number of methoxy groups -OCH3 is 1. The van der Waals surface area contributed by atoms with Gasteiger partial charge in [-0.1, -0.05) is 11.6 Å². The first-order chi connectivity index (χ1) is 11.4. The van der Waals surface area contributed by atoms with Gasteiger partial charge in [0, 0.05) is 10.6 Å². The summed E-state index contributed by atoms with van der Waals surface area (Å²) in [7, 11) is 1.53. The van der Waals surface area contributed by atoms with Gasteiger partial charge in [-0.2, -0.15) is 10.2 Å². The van der Waals surface area contributed by atoms with Crippen LogP contribution in [-0.4, -0.2) is 28.9 Å². The molecule has 0 aliphatic carbocycles. The lowest BCUT2D eigenvalue weighted by molar-refractivity contribution is -0.136. The molecular formula is C16H12BrClN2O4. The third-order valence-corrected chi connectivity index (χ3v) is 3.84. The fourth-order valence-electron chi connectivity index (χ4n) is 1.84. The maximum atomic E-state index is 12.7. The highest BCUT2D eigenvalue weighted by molar-refractivity contribution is 9.10. The van der Waals surface area contributed by atoms with Crippen molar-refractivity contribution in [1.82, 2.24) is 0 Å². The van der Waals surface area contributed by atoms with Crippen molar-refractivity contribution >= 4 is 45.0 Å². The summed E-state index contributed by atoms with van der Waals surface area (Å²) in [5.41, 5.74) is 0.871. The van der Waals surface area contributed by atoms with Gasteiger partial charge >= 0.3 is 5.97 Å². The first-order valence-electron chi connectivity index (χ1n) is 6.68. The minimum Gasteiger partial charge on any atom is -0.497 e. The van der Waals surface area contributed by atoms with Crippen LogP contribution in [0.3, 0.4) is 0 Å². The molecule has 0 saturated carbocycles. The topological polar surface area (TPSA) is 88.3 Å². The maximum Gasteiger partial charge on any atom is 0.341 e. The Labute approximate surface area is 151 Å². The zero-order valence-corrected chi connectivity index (χ0v) is 14.8. The molecule has 1 N–H and O–H groups in total. The van der Waals surface area contributed by atoms with Gasteiger partial charge < -0.3 is 9.84 Å². The number of ketones is 1. The highest BCUT2D eigenvalue weighted by Gasteiger charge is 2.16. The molecule has 8 heteroatoms. The molecule has 6 nitrogen and oxygen atoms in total. The number of aliphatic carboxylic acids is 1. The number of carboxylic acids is 1. The van der Waals surface area contributed by atoms with Gasteiger partial charge in [0.1, 0.15) is 5.75 Å². The molecule has 0 aliphatic rings. The molecule has 1 atom stereocenters. The van der Waals surface area contributed by atoms with Crippen molar-refractivity contribution in [2.75, 3.05) is 7.11 Å². The van der Waals surface area contributed by atoms with E-state index < -0.39 is 10.9 Å². The van der Waals surface area contributed by atoms with Crippen molar-refractivity contribution < 1.29 is 19.4 Å². The molecule has 2 aromatic rings. The second kappa shape index (κ2) is 8.03. The Morgan fingerprint density at radius 1 is 1.21 bits per heavy atom. The molecule has 0 spiro atoms. The molecule has 0 saturated heterocycles. The van der Waals surface area contributed by atoms with Crippen LogP contribution in [0.4, 0.5) is 5.69 Å². The molecule has 124 valence electrons. The average molecular weight is 412 g/mol. The molecule has 2 rings (SSSR count). The number of hydrogen-bond acceptors (Lipinski definition) is 5. The molecular weight excluding hydrogens is 400 g/mol. The molecule has 24 heavy (non-hydrogen) atoms. The Balaban J connectivity index is 2.38. The fourth-order valence-corrected chi connectivity index (χ4v) is 2.10. The van der Waals surface area contributed by atoms with Gasteiger partial charge in [0.15, 0.2) is 5.78 Å². The Morgan fingerprint density at radius 3 is 2.46 bits per heavy atom. The van der Waals surface area contributed by atoms with Gasteiger partial charge in [0.05, 0.1) is 18.4 Å². The Bertz CT molecular complexity index is 793. The van der Waals surface area contributed by atoms with E-state index in [1.807, 2.05) is 0 Å². The number of nitrogens with zero attached hydrogens (tertiary/aromatic N) is 2. The molecule has 0 radical (unpaired) electrons. The monoisotopic (exact) mass is 410 g/mol. The third-order valence-electron chi connectivity index (χ3n) is 3.03. The minimum atomic E-state index is -1.20. The largest absolute Gasteiger partial charge is 0.497 e. The van der Waals surface area contributed by atoms with Gasteiger partial charge in [0.2, 0.25) is 4.95 Å². The van der Waals surface area contributed by atoms with Gasteiger partial charge in [-0.05, 0) is 58.4 Å². The number of azo groups is 1. The zero-order valence-electron chi connectivity index (χ0n) is 12.4. The highest BCUT2D eigenvalue weighted by Crippen LogP contribution is 2.27. The van der Waals surface area contributed by atoms with E-state index in [-0.39, 0.29) is 17.0 Å². The predicted octanol–water partition coefficient (Wildman–Crippen LogP) is 4.47. The van der Waals surface area contributed by atoms with Crippen LogP contribution in [0.2, 0.25) is 5.02 Å². The van der Waals surface area contributed by atoms with Crippen LogP contribution < -0.4 is 4.74 Å². The van der Waals surface area contributed by atoms with Crippen molar-refractivity contribution in [2.45, 2.75) is 4.95 Å². The van der Waals surface area contributed by atoms with Crippen LogP contribution >= 0.6 is 27.5 Å². The average Bonchev–Trinajstić information content (AvgIpc) is 2.59. The number of hydrogen-bond donors (Lipinski definition) is 1. The standard InChI is InChI=1S/C16H12BrClN2O4/c1-24-11-5-2-9(3-6-11)14(21)12-8-10(18)4-7-13(12)19-20-15(17)16(22)23/h2-8,15H,1H3,(H,22,23). The summed E-state index contributed by atoms with van der Waals surface area (Å²) in [5.74, 6) is -0.868. The molecule has 1 unspecified atom stereocenters. The van der Waals surface area contributed by atoms with Crippen molar-refractivity contribution in [1.29, 1.82) is 0 Å². The summed E-state index contributed by atoms with van der Waals surface area (Å²) in [4.78, 5) is 22.2. The molecule has 2 aromatic carbocycles. The van der Waals surface area contributed by atoms with Gasteiger partial charge in [-0.3, -0.25) is 4.79 Å². The van der Waals surface area contributed by atoms with Gasteiger partial charge in [-0.15, -0.1) is 0 Å². The number of halogens is 2. The SMILES string of the molecule is COc1ccc(C(=O)c2cc(Cl)ccc2N=NC(Br)C(=O)O)cc1. The number of carbonyl (C=O) groups excluding carboxylic acids is 1. The van der Waals surface area contributed by atoms with E-state index in [9.17, 15) is 9.59 Å². The van der Waals surface area contributed by atoms with Crippen LogP contribution in [-0.2, 0) is 4.79 Å². The second-order valence-corrected chi connectivity index (χ2v) is 5.91. The third kappa shape index (κ3) is 4.39. The lowest BCUT2D eigenvalue weighted by Crippen LogP contribution is -2.08. The molecule has 0 amide bonds. The molecule has 0 heterocycles. The summed E-state index contributed by atoms with van der Waals surface area (Å²) < 4.78 is 5.06. The Kier molecular flexibility index (Phi) is 6.05. The van der Waals surface area contributed by atoms with E-state index >= 15 is 0 Å². The van der Waals surface area contributed by atoms with Crippen LogP contribution in [0.25, 0.3) is 0 Å². The number of alkyl halides is 1. The highest BCUT2D eigenvalue weighted by atomic mass is 79.9. The van der Waals surface area contributed by atoms with E-state index in [0.717, 1.165) is 0 Å². The number of benzene rings is 2. The first-order valence-corrected chi connectivity index (χ1v) is 7.97. The van der Waals surface area contributed by atoms with E-state index in [1.165, 1.54) is 19.2 Å². The number of rotatable bonds is 6. The van der Waals surface area contributed by atoms with Gasteiger partial charge in [0.25, 0.3) is 0 Å². The second-order valence-electron chi connectivity index (χ2n) is 4.61. The minimum absolute atomic E-state index is 0.224. The molecule has 0 bridgehead atoms. The van der Waals surface area contributed by atoms with Crippen LogP contribution in [0.1, 0.15) is 15.9 Å². The number of carboxylic acid groups (broad SMARTS) is 1. The maximum absolute atomic E-state index is 12.7. The number of ether oxygens (including phenoxy) is 1. The zero-order chi connectivity index (χ0) is 17.7. The van der Waals surface area contributed by atoms with E-state index in [2.05, 4.69) is 26.2 Å². The first kappa shape index (κ1) is 18.1. The molecule has 0 aliphatic heterocycles. The van der Waals surface area contributed by atoms with Crippen molar-refractivity contribution in [3.63, 3.8) is 0 Å². The summed E-state index contributed by atoms with van der Waals surface area (Å²) in [6.45, 7) is 0. The van der Waals surface area contributed by atoms with Crippen molar-refractivity contribution in [3.8, 4) is 5.75 Å². The normalized spacial score (nSPS) is 12.1. The van der Waals surface area contributed by atoms with Crippen LogP contribution in [0.15, 0.2) is 52.7 Å². The predicted molar refractivity (Wildman–Crippen MR) is 92.7 cm³/mol. The summed E-state index contributed by atoms with van der Waals surface area (Å²) in [6, 6.07) is 11.1. The fraction of sp³-hybridized carbons (Fsp3) is 0.125.